The van der Waals surface area contributed by atoms with Gasteiger partial charge in [-0.05, 0) is 69.6 Å². The molecule has 2 aromatic rings. The number of nitrogens with one attached hydrogen (secondary N) is 1. The van der Waals surface area contributed by atoms with Crippen molar-refractivity contribution in [3.8, 4) is 0 Å². The van der Waals surface area contributed by atoms with E-state index in [1.54, 1.807) is 33.8 Å². The molecule has 0 fully saturated rings. The molecule has 1 heterocycles. The molecule has 3 N–H and O–H groups in total. The van der Waals surface area contributed by atoms with Gasteiger partial charge in [-0.1, -0.05) is 32.6 Å². The zero-order chi connectivity index (χ0) is 27.8. The molecule has 0 spiro atoms. The fourth-order valence-corrected chi connectivity index (χ4v) is 4.43. The molecule has 37 heavy (non-hydrogen) atoms. The average molecular weight is 518 g/mol. The second-order valence-electron chi connectivity index (χ2n) is 11.3. The van der Waals surface area contributed by atoms with Crippen LogP contribution in [0.5, 0.6) is 0 Å². The highest BCUT2D eigenvalue weighted by Crippen LogP contribution is 2.36. The second kappa shape index (κ2) is 10.2. The lowest BCUT2D eigenvalue weighted by Crippen LogP contribution is -2.38. The number of nitrogens with two attached hydrogens (primary N) is 1. The van der Waals surface area contributed by atoms with Crippen molar-refractivity contribution in [2.75, 3.05) is 6.54 Å². The Morgan fingerprint density at radius 1 is 1.32 bits per heavy atom. The van der Waals surface area contributed by atoms with E-state index in [-0.39, 0.29) is 16.9 Å². The van der Waals surface area contributed by atoms with Gasteiger partial charge in [-0.2, -0.15) is 19.8 Å². The van der Waals surface area contributed by atoms with E-state index in [1.165, 1.54) is 12.1 Å². The monoisotopic (exact) mass is 517 g/mol. The summed E-state index contributed by atoms with van der Waals surface area (Å²) < 4.78 is 36.6. The summed E-state index contributed by atoms with van der Waals surface area (Å²) in [5.41, 5.74) is 3.02. The molecule has 1 amide bonds. The summed E-state index contributed by atoms with van der Waals surface area (Å²) in [5, 5.41) is 6.73. The number of alkyl halides is 2. The molecule has 1 aromatic carbocycles. The molecule has 0 aliphatic heterocycles. The summed E-state index contributed by atoms with van der Waals surface area (Å²) in [7, 11) is 1.88. The Labute approximate surface area is 216 Å². The van der Waals surface area contributed by atoms with Crippen LogP contribution in [0.2, 0.25) is 0 Å². The molecule has 202 valence electrons. The van der Waals surface area contributed by atoms with E-state index in [9.17, 15) is 13.6 Å². The van der Waals surface area contributed by atoms with Gasteiger partial charge < -0.3 is 14.9 Å². The van der Waals surface area contributed by atoms with Crippen LogP contribution in [0.3, 0.4) is 0 Å². The van der Waals surface area contributed by atoms with Crippen LogP contribution < -0.4 is 11.2 Å². The summed E-state index contributed by atoms with van der Waals surface area (Å²) in [6, 6.07) is 4.36. The quantitative estimate of drug-likeness (QED) is 0.313. The van der Waals surface area contributed by atoms with E-state index < -0.39 is 24.2 Å². The first-order valence-electron chi connectivity index (χ1n) is 12.2. The SMILES string of the molecule is C=C(/N=C(\ON)c1nn(C)c2c1CCC(C)(C)C2)c1ccc(C(F)(F)CNC(=O)OC(C)(C)C)c(C)c1. The Balaban J connectivity index is 1.81. The molecule has 3 rings (SSSR count). The molecule has 10 heteroatoms. The zero-order valence-corrected chi connectivity index (χ0v) is 22.7. The van der Waals surface area contributed by atoms with Crippen molar-refractivity contribution in [2.24, 2.45) is 23.4 Å². The third-order valence-electron chi connectivity index (χ3n) is 6.33. The van der Waals surface area contributed by atoms with Crippen molar-refractivity contribution in [1.29, 1.82) is 0 Å². The topological polar surface area (TPSA) is 104 Å². The molecule has 0 saturated carbocycles. The number of fused-ring (bicyclic) bond motifs is 1. The molecule has 0 unspecified atom stereocenters. The lowest BCUT2D eigenvalue weighted by molar-refractivity contribution is -0.00964. The van der Waals surface area contributed by atoms with Crippen LogP contribution in [0, 0.1) is 12.3 Å². The molecular formula is C27H37F2N5O3. The summed E-state index contributed by atoms with van der Waals surface area (Å²) in [5.74, 6) is 2.38. The zero-order valence-electron chi connectivity index (χ0n) is 22.7. The van der Waals surface area contributed by atoms with Crippen LogP contribution in [0.25, 0.3) is 5.70 Å². The van der Waals surface area contributed by atoms with Gasteiger partial charge in [0.05, 0.1) is 12.2 Å². The molecule has 1 aliphatic rings. The molecule has 0 atom stereocenters. The number of halogens is 2. The van der Waals surface area contributed by atoms with Gasteiger partial charge in [0.15, 0.2) is 5.69 Å². The molecule has 1 aliphatic carbocycles. The number of aliphatic imine (C=N–C) groups is 1. The predicted molar refractivity (Wildman–Crippen MR) is 139 cm³/mol. The number of carbonyl (C=O) groups excluding carboxylic acids is 1. The van der Waals surface area contributed by atoms with Crippen LogP contribution in [-0.2, 0) is 35.4 Å². The normalized spacial score (nSPS) is 15.7. The van der Waals surface area contributed by atoms with Gasteiger partial charge in [-0.25, -0.2) is 9.79 Å². The summed E-state index contributed by atoms with van der Waals surface area (Å²) in [4.78, 5) is 21.4. The number of aromatic nitrogens is 2. The number of aryl methyl sites for hydroxylation is 2. The maximum atomic E-state index is 14.9. The second-order valence-corrected chi connectivity index (χ2v) is 11.3. The van der Waals surface area contributed by atoms with E-state index in [2.05, 4.69) is 35.8 Å². The first kappa shape index (κ1) is 28.3. The van der Waals surface area contributed by atoms with Gasteiger partial charge in [0.25, 0.3) is 11.8 Å². The highest BCUT2D eigenvalue weighted by molar-refractivity contribution is 5.97. The Hall–Kier alpha value is -3.27. The number of amides is 1. The van der Waals surface area contributed by atoms with Crippen LogP contribution in [-0.4, -0.2) is 33.9 Å². The fraction of sp³-hybridized carbons (Fsp3) is 0.519. The van der Waals surface area contributed by atoms with Gasteiger partial charge in [0.1, 0.15) is 5.60 Å². The fourth-order valence-electron chi connectivity index (χ4n) is 4.43. The van der Waals surface area contributed by atoms with Gasteiger partial charge in [0.2, 0.25) is 0 Å². The third kappa shape index (κ3) is 6.74. The van der Waals surface area contributed by atoms with Crippen molar-refractivity contribution in [3.05, 3.63) is 58.4 Å². The lowest BCUT2D eigenvalue weighted by Gasteiger charge is -2.29. The molecule has 0 bridgehead atoms. The number of alkyl carbamates (subject to hydrolysis) is 1. The first-order chi connectivity index (χ1) is 17.0. The van der Waals surface area contributed by atoms with Gasteiger partial charge in [-0.3, -0.25) is 4.68 Å². The highest BCUT2D eigenvalue weighted by Gasteiger charge is 2.35. The van der Waals surface area contributed by atoms with Crippen LogP contribution in [0.4, 0.5) is 13.6 Å². The Bertz CT molecular complexity index is 1230. The van der Waals surface area contributed by atoms with Crippen molar-refractivity contribution in [2.45, 2.75) is 72.3 Å². The molecule has 0 radical (unpaired) electrons. The van der Waals surface area contributed by atoms with Gasteiger partial charge in [0, 0.05) is 23.9 Å². The number of ether oxygens (including phenoxy) is 1. The van der Waals surface area contributed by atoms with E-state index in [0.717, 1.165) is 30.5 Å². The van der Waals surface area contributed by atoms with Crippen molar-refractivity contribution >= 4 is 17.7 Å². The van der Waals surface area contributed by atoms with E-state index in [1.807, 2.05) is 11.7 Å². The number of rotatable bonds is 6. The number of nitrogens with zero attached hydrogens (tertiary/aromatic N) is 3. The average Bonchev–Trinajstić information content (AvgIpc) is 3.09. The minimum absolute atomic E-state index is 0.121. The standard InChI is InChI=1S/C27H37F2N5O3/c1-16-13-18(9-10-20(16)27(28,29)15-31-24(35)36-25(3,4)5)17(2)32-23(37-30)22-19-11-12-26(6,7)14-21(19)34(8)33-22/h9-10,13H,2,11-12,14-15,30H2,1,3-8H3,(H,31,35)/b32-23-. The number of hydrogen-bond acceptors (Lipinski definition) is 6. The maximum Gasteiger partial charge on any atom is 0.407 e. The van der Waals surface area contributed by atoms with Gasteiger partial charge >= 0.3 is 6.09 Å². The van der Waals surface area contributed by atoms with E-state index >= 15 is 0 Å². The molecule has 0 saturated heterocycles. The Kier molecular flexibility index (Phi) is 7.83. The summed E-state index contributed by atoms with van der Waals surface area (Å²) in [6.07, 6.45) is 1.79. The Morgan fingerprint density at radius 3 is 2.59 bits per heavy atom. The molecular weight excluding hydrogens is 480 g/mol. The third-order valence-corrected chi connectivity index (χ3v) is 6.33. The van der Waals surface area contributed by atoms with Crippen LogP contribution in [0.15, 0.2) is 29.8 Å². The van der Waals surface area contributed by atoms with Gasteiger partial charge in [-0.15, -0.1) is 0 Å². The minimum atomic E-state index is -3.31. The predicted octanol–water partition coefficient (Wildman–Crippen LogP) is 5.17. The first-order valence-corrected chi connectivity index (χ1v) is 12.2. The Morgan fingerprint density at radius 2 is 2.00 bits per heavy atom. The van der Waals surface area contributed by atoms with Crippen molar-refractivity contribution < 1.29 is 23.1 Å². The number of carbonyl (C=O) groups is 1. The van der Waals surface area contributed by atoms with E-state index in [4.69, 9.17) is 15.5 Å². The van der Waals surface area contributed by atoms with Crippen molar-refractivity contribution in [3.63, 3.8) is 0 Å². The largest absolute Gasteiger partial charge is 0.444 e. The van der Waals surface area contributed by atoms with Crippen LogP contribution >= 0.6 is 0 Å². The van der Waals surface area contributed by atoms with Crippen LogP contribution in [0.1, 0.15) is 74.7 Å². The van der Waals surface area contributed by atoms with Crippen molar-refractivity contribution in [1.82, 2.24) is 15.1 Å². The number of hydrogen-bond donors (Lipinski definition) is 2. The molecule has 1 aromatic heterocycles. The minimum Gasteiger partial charge on any atom is -0.444 e. The lowest BCUT2D eigenvalue weighted by atomic mass is 9.76. The highest BCUT2D eigenvalue weighted by atomic mass is 19.3. The molecule has 8 nitrogen and oxygen atoms in total. The number of benzene rings is 1. The smallest absolute Gasteiger partial charge is 0.407 e. The van der Waals surface area contributed by atoms with E-state index in [0.29, 0.717) is 22.5 Å². The summed E-state index contributed by atoms with van der Waals surface area (Å²) >= 11 is 0. The maximum absolute atomic E-state index is 14.9. The summed E-state index contributed by atoms with van der Waals surface area (Å²) in [6.45, 7) is 14.1.